The normalized spacial score (nSPS) is 24.3. The lowest BCUT2D eigenvalue weighted by Crippen LogP contribution is -2.52. The lowest BCUT2D eigenvalue weighted by atomic mass is 9.98. The van der Waals surface area contributed by atoms with E-state index < -0.39 is 6.04 Å². The Morgan fingerprint density at radius 1 is 1.03 bits per heavy atom. The average Bonchev–Trinajstić information content (AvgIpc) is 3.48. The molecule has 4 aliphatic heterocycles. The molecule has 0 aliphatic carbocycles. The SMILES string of the molecule is O=C1CCC(N2Cc3cccc(CN4CCCc5ccc(C6CCNC6)nc54)c3C2=O)C(=O)N1. The maximum Gasteiger partial charge on any atom is 0.255 e. The first-order chi connectivity index (χ1) is 16.6. The van der Waals surface area contributed by atoms with E-state index in [1.807, 2.05) is 18.2 Å². The van der Waals surface area contributed by atoms with E-state index in [4.69, 9.17) is 4.98 Å². The Morgan fingerprint density at radius 2 is 1.94 bits per heavy atom. The number of anilines is 1. The number of amides is 3. The van der Waals surface area contributed by atoms with Crippen LogP contribution in [-0.2, 0) is 29.1 Å². The lowest BCUT2D eigenvalue weighted by molar-refractivity contribution is -0.136. The second kappa shape index (κ2) is 8.51. The fourth-order valence-corrected chi connectivity index (χ4v) is 5.84. The van der Waals surface area contributed by atoms with Crippen molar-refractivity contribution in [1.82, 2.24) is 20.5 Å². The first kappa shape index (κ1) is 21.3. The Hall–Kier alpha value is -3.26. The van der Waals surface area contributed by atoms with Gasteiger partial charge >= 0.3 is 0 Å². The van der Waals surface area contributed by atoms with Crippen LogP contribution in [0.2, 0.25) is 0 Å². The van der Waals surface area contributed by atoms with Crippen LogP contribution in [0.5, 0.6) is 0 Å². The van der Waals surface area contributed by atoms with Crippen molar-refractivity contribution >= 4 is 23.5 Å². The van der Waals surface area contributed by atoms with Crippen LogP contribution in [0.1, 0.15) is 64.3 Å². The summed E-state index contributed by atoms with van der Waals surface area (Å²) in [5.74, 6) is 0.743. The molecule has 0 saturated carbocycles. The number of aromatic nitrogens is 1. The molecule has 2 atom stereocenters. The molecule has 1 aromatic carbocycles. The van der Waals surface area contributed by atoms with Crippen LogP contribution >= 0.6 is 0 Å². The van der Waals surface area contributed by atoms with Crippen LogP contribution in [-0.4, -0.2) is 53.3 Å². The number of nitrogens with zero attached hydrogens (tertiary/aromatic N) is 3. The minimum atomic E-state index is -0.592. The number of carbonyl (C=O) groups is 3. The molecule has 2 unspecified atom stereocenters. The lowest BCUT2D eigenvalue weighted by Gasteiger charge is -2.31. The number of fused-ring (bicyclic) bond motifs is 2. The summed E-state index contributed by atoms with van der Waals surface area (Å²) < 4.78 is 0. The van der Waals surface area contributed by atoms with Gasteiger partial charge in [0.2, 0.25) is 11.8 Å². The van der Waals surface area contributed by atoms with E-state index in [1.54, 1.807) is 4.90 Å². The number of aryl methyl sites for hydroxylation is 1. The Bertz CT molecular complexity index is 1170. The molecule has 176 valence electrons. The van der Waals surface area contributed by atoms with Gasteiger partial charge in [0.1, 0.15) is 11.9 Å². The third-order valence-corrected chi connectivity index (χ3v) is 7.63. The zero-order chi connectivity index (χ0) is 23.2. The number of rotatable bonds is 4. The standard InChI is InChI=1S/C26H29N5O3/c32-22-9-8-21(25(33)29-22)31-15-19-4-1-3-18(23(19)26(31)34)14-30-12-2-5-16-6-7-20(28-24(16)30)17-10-11-27-13-17/h1,3-4,6-7,17,21,27H,2,5,8-15H2,(H,29,32,33). The average molecular weight is 460 g/mol. The van der Waals surface area contributed by atoms with Gasteiger partial charge in [0.05, 0.1) is 0 Å². The molecular weight excluding hydrogens is 430 g/mol. The number of hydrogen-bond donors (Lipinski definition) is 2. The van der Waals surface area contributed by atoms with Gasteiger partial charge in [0, 0.05) is 49.8 Å². The summed E-state index contributed by atoms with van der Waals surface area (Å²) in [6, 6.07) is 9.80. The van der Waals surface area contributed by atoms with E-state index in [9.17, 15) is 14.4 Å². The van der Waals surface area contributed by atoms with Crippen LogP contribution in [0.15, 0.2) is 30.3 Å². The molecule has 6 rings (SSSR count). The van der Waals surface area contributed by atoms with E-state index >= 15 is 0 Å². The van der Waals surface area contributed by atoms with Crippen molar-refractivity contribution in [3.8, 4) is 0 Å². The summed E-state index contributed by atoms with van der Waals surface area (Å²) in [6.45, 7) is 3.94. The molecule has 4 aliphatic rings. The second-order valence-electron chi connectivity index (χ2n) is 9.78. The highest BCUT2D eigenvalue weighted by Gasteiger charge is 2.40. The smallest absolute Gasteiger partial charge is 0.255 e. The van der Waals surface area contributed by atoms with E-state index in [0.717, 1.165) is 61.5 Å². The highest BCUT2D eigenvalue weighted by atomic mass is 16.2. The van der Waals surface area contributed by atoms with Crippen molar-refractivity contribution < 1.29 is 14.4 Å². The quantitative estimate of drug-likeness (QED) is 0.678. The van der Waals surface area contributed by atoms with E-state index in [2.05, 4.69) is 27.7 Å². The Balaban J connectivity index is 1.27. The van der Waals surface area contributed by atoms with Crippen molar-refractivity contribution in [2.45, 2.75) is 57.2 Å². The number of pyridine rings is 1. The number of piperidine rings is 1. The molecule has 8 heteroatoms. The molecule has 0 spiro atoms. The summed E-state index contributed by atoms with van der Waals surface area (Å²) in [6.07, 6.45) is 3.84. The second-order valence-corrected chi connectivity index (χ2v) is 9.78. The van der Waals surface area contributed by atoms with Gasteiger partial charge in [-0.15, -0.1) is 0 Å². The minimum Gasteiger partial charge on any atom is -0.352 e. The topological polar surface area (TPSA) is 94.6 Å². The van der Waals surface area contributed by atoms with Gasteiger partial charge in [-0.1, -0.05) is 24.3 Å². The van der Waals surface area contributed by atoms with Crippen LogP contribution in [0.4, 0.5) is 5.82 Å². The Kier molecular flexibility index (Phi) is 5.32. The monoisotopic (exact) mass is 459 g/mol. The van der Waals surface area contributed by atoms with Crippen molar-refractivity contribution in [2.75, 3.05) is 24.5 Å². The largest absolute Gasteiger partial charge is 0.352 e. The van der Waals surface area contributed by atoms with E-state index in [1.165, 1.54) is 5.56 Å². The minimum absolute atomic E-state index is 0.115. The van der Waals surface area contributed by atoms with Crippen molar-refractivity contribution in [3.05, 3.63) is 58.3 Å². The molecule has 5 heterocycles. The molecule has 3 amide bonds. The molecule has 1 aromatic heterocycles. The highest BCUT2D eigenvalue weighted by molar-refractivity contribution is 6.06. The summed E-state index contributed by atoms with van der Waals surface area (Å²) in [7, 11) is 0. The third-order valence-electron chi connectivity index (χ3n) is 7.63. The van der Waals surface area contributed by atoms with Gasteiger partial charge in [0.15, 0.2) is 0 Å². The number of carbonyl (C=O) groups excluding carboxylic acids is 3. The Labute approximate surface area is 198 Å². The maximum absolute atomic E-state index is 13.5. The number of hydrogen-bond acceptors (Lipinski definition) is 6. The van der Waals surface area contributed by atoms with Crippen LogP contribution in [0, 0.1) is 0 Å². The summed E-state index contributed by atoms with van der Waals surface area (Å²) >= 11 is 0. The van der Waals surface area contributed by atoms with Crippen molar-refractivity contribution in [3.63, 3.8) is 0 Å². The van der Waals surface area contributed by atoms with Gasteiger partial charge < -0.3 is 15.1 Å². The zero-order valence-corrected chi connectivity index (χ0v) is 19.2. The van der Waals surface area contributed by atoms with Gasteiger partial charge in [-0.05, 0) is 55.0 Å². The van der Waals surface area contributed by atoms with Gasteiger partial charge in [-0.2, -0.15) is 0 Å². The van der Waals surface area contributed by atoms with Gasteiger partial charge in [-0.3, -0.25) is 19.7 Å². The molecule has 2 N–H and O–H groups in total. The molecule has 0 bridgehead atoms. The molecule has 2 fully saturated rings. The predicted octanol–water partition coefficient (Wildman–Crippen LogP) is 1.87. The van der Waals surface area contributed by atoms with Gasteiger partial charge in [-0.25, -0.2) is 4.98 Å². The van der Waals surface area contributed by atoms with Crippen LogP contribution in [0.25, 0.3) is 0 Å². The van der Waals surface area contributed by atoms with Crippen molar-refractivity contribution in [2.24, 2.45) is 0 Å². The van der Waals surface area contributed by atoms with Crippen LogP contribution in [0.3, 0.4) is 0 Å². The molecule has 34 heavy (non-hydrogen) atoms. The summed E-state index contributed by atoms with van der Waals surface area (Å²) in [4.78, 5) is 46.5. The maximum atomic E-state index is 13.5. The fourth-order valence-electron chi connectivity index (χ4n) is 5.84. The highest BCUT2D eigenvalue weighted by Crippen LogP contribution is 2.34. The first-order valence-corrected chi connectivity index (χ1v) is 12.3. The number of benzene rings is 1. The molecule has 8 nitrogen and oxygen atoms in total. The molecule has 2 saturated heterocycles. The molecular formula is C26H29N5O3. The summed E-state index contributed by atoms with van der Waals surface area (Å²) in [5.41, 5.74) is 5.04. The number of imide groups is 1. The van der Waals surface area contributed by atoms with Crippen LogP contribution < -0.4 is 15.5 Å². The Morgan fingerprint density at radius 3 is 2.76 bits per heavy atom. The summed E-state index contributed by atoms with van der Waals surface area (Å²) in [5, 5.41) is 5.81. The predicted molar refractivity (Wildman–Crippen MR) is 126 cm³/mol. The van der Waals surface area contributed by atoms with Gasteiger partial charge in [0.25, 0.3) is 5.91 Å². The fraction of sp³-hybridized carbons (Fsp3) is 0.462. The van der Waals surface area contributed by atoms with E-state index in [-0.39, 0.29) is 24.1 Å². The first-order valence-electron chi connectivity index (χ1n) is 12.3. The zero-order valence-electron chi connectivity index (χ0n) is 19.2. The van der Waals surface area contributed by atoms with Crippen molar-refractivity contribution in [1.29, 1.82) is 0 Å². The molecule has 2 aromatic rings. The number of nitrogens with one attached hydrogen (secondary N) is 2. The van der Waals surface area contributed by atoms with E-state index in [0.29, 0.717) is 31.0 Å². The third kappa shape index (κ3) is 3.66. The molecule has 0 radical (unpaired) electrons.